The molecule has 2 rings (SSSR count). The highest BCUT2D eigenvalue weighted by molar-refractivity contribution is 9.10. The highest BCUT2D eigenvalue weighted by Crippen LogP contribution is 2.39. The molecule has 1 aliphatic heterocycles. The molecule has 16 heavy (non-hydrogen) atoms. The molecule has 1 atom stereocenters. The van der Waals surface area contributed by atoms with Crippen molar-refractivity contribution >= 4 is 15.9 Å². The molecule has 0 bridgehead atoms. The topological polar surface area (TPSA) is 44.5 Å². The van der Waals surface area contributed by atoms with Crippen LogP contribution in [0.4, 0.5) is 0 Å². The van der Waals surface area contributed by atoms with E-state index >= 15 is 0 Å². The minimum Gasteiger partial charge on any atom is -0.454 e. The smallest absolute Gasteiger partial charge is 0.231 e. The van der Waals surface area contributed by atoms with Gasteiger partial charge in [-0.3, -0.25) is 0 Å². The summed E-state index contributed by atoms with van der Waals surface area (Å²) in [5, 5.41) is 0. The van der Waals surface area contributed by atoms with Gasteiger partial charge in [-0.25, -0.2) is 0 Å². The van der Waals surface area contributed by atoms with Crippen molar-refractivity contribution in [1.82, 2.24) is 0 Å². The lowest BCUT2D eigenvalue weighted by molar-refractivity contribution is 0.174. The molecule has 0 radical (unpaired) electrons. The van der Waals surface area contributed by atoms with Crippen molar-refractivity contribution in [2.24, 2.45) is 11.7 Å². The molecule has 4 heteroatoms. The Balaban J connectivity index is 2.27. The second-order valence-corrected chi connectivity index (χ2v) is 5.32. The average Bonchev–Trinajstić information content (AvgIpc) is 2.61. The van der Waals surface area contributed by atoms with E-state index in [1.54, 1.807) is 0 Å². The first-order valence-electron chi connectivity index (χ1n) is 5.42. The number of ether oxygens (including phenoxy) is 2. The van der Waals surface area contributed by atoms with Gasteiger partial charge in [-0.2, -0.15) is 0 Å². The molecular formula is C12H16BrNO2. The first-order chi connectivity index (χ1) is 7.58. The summed E-state index contributed by atoms with van der Waals surface area (Å²) >= 11 is 3.52. The van der Waals surface area contributed by atoms with Gasteiger partial charge < -0.3 is 15.2 Å². The zero-order valence-electron chi connectivity index (χ0n) is 9.50. The van der Waals surface area contributed by atoms with E-state index in [0.29, 0.717) is 12.7 Å². The van der Waals surface area contributed by atoms with Crippen LogP contribution in [0, 0.1) is 5.92 Å². The fourth-order valence-corrected chi connectivity index (χ4v) is 2.47. The molecule has 0 aliphatic carbocycles. The standard InChI is InChI=1S/C12H16BrNO2/c1-7(2)3-10(14)8-4-11-12(5-9(8)13)16-6-15-11/h4-5,7,10H,3,6,14H2,1-2H3/t10-/m1/s1. The lowest BCUT2D eigenvalue weighted by Crippen LogP contribution is -2.13. The van der Waals surface area contributed by atoms with E-state index in [2.05, 4.69) is 29.8 Å². The van der Waals surface area contributed by atoms with E-state index in [-0.39, 0.29) is 6.04 Å². The molecule has 88 valence electrons. The molecular weight excluding hydrogens is 270 g/mol. The highest BCUT2D eigenvalue weighted by Gasteiger charge is 2.19. The SMILES string of the molecule is CC(C)C[C@@H](N)c1cc2c(cc1Br)OCO2. The Bertz CT molecular complexity index is 393. The van der Waals surface area contributed by atoms with Gasteiger partial charge in [0.1, 0.15) is 0 Å². The Morgan fingerprint density at radius 2 is 1.94 bits per heavy atom. The third-order valence-corrected chi connectivity index (χ3v) is 3.30. The van der Waals surface area contributed by atoms with Crippen molar-refractivity contribution in [2.75, 3.05) is 6.79 Å². The fourth-order valence-electron chi connectivity index (χ4n) is 1.85. The van der Waals surface area contributed by atoms with E-state index in [0.717, 1.165) is 28.0 Å². The van der Waals surface area contributed by atoms with Crippen molar-refractivity contribution in [1.29, 1.82) is 0 Å². The van der Waals surface area contributed by atoms with Crippen LogP contribution in [-0.2, 0) is 0 Å². The highest BCUT2D eigenvalue weighted by atomic mass is 79.9. The maximum atomic E-state index is 6.16. The zero-order chi connectivity index (χ0) is 11.7. The molecule has 0 fully saturated rings. The molecule has 1 aromatic carbocycles. The summed E-state index contributed by atoms with van der Waals surface area (Å²) in [6.07, 6.45) is 0.957. The number of benzene rings is 1. The van der Waals surface area contributed by atoms with Gasteiger partial charge in [0.2, 0.25) is 6.79 Å². The largest absolute Gasteiger partial charge is 0.454 e. The molecule has 0 saturated carbocycles. The zero-order valence-corrected chi connectivity index (χ0v) is 11.1. The monoisotopic (exact) mass is 285 g/mol. The number of hydrogen-bond donors (Lipinski definition) is 1. The predicted molar refractivity (Wildman–Crippen MR) is 66.6 cm³/mol. The van der Waals surface area contributed by atoms with Gasteiger partial charge in [0.15, 0.2) is 11.5 Å². The first-order valence-corrected chi connectivity index (χ1v) is 6.22. The summed E-state index contributed by atoms with van der Waals surface area (Å²) in [4.78, 5) is 0. The van der Waals surface area contributed by atoms with Crippen LogP contribution in [0.5, 0.6) is 11.5 Å². The van der Waals surface area contributed by atoms with Crippen LogP contribution >= 0.6 is 15.9 Å². The van der Waals surface area contributed by atoms with Gasteiger partial charge in [-0.05, 0) is 30.0 Å². The van der Waals surface area contributed by atoms with E-state index in [4.69, 9.17) is 15.2 Å². The second kappa shape index (κ2) is 4.63. The average molecular weight is 286 g/mol. The molecule has 1 aromatic rings. The molecule has 0 unspecified atom stereocenters. The van der Waals surface area contributed by atoms with Gasteiger partial charge in [-0.15, -0.1) is 0 Å². The van der Waals surface area contributed by atoms with Crippen LogP contribution in [-0.4, -0.2) is 6.79 Å². The van der Waals surface area contributed by atoms with Crippen molar-refractivity contribution in [2.45, 2.75) is 26.3 Å². The van der Waals surface area contributed by atoms with E-state index in [1.807, 2.05) is 12.1 Å². The Hall–Kier alpha value is -0.740. The lowest BCUT2D eigenvalue weighted by Gasteiger charge is -2.16. The molecule has 3 nitrogen and oxygen atoms in total. The molecule has 0 spiro atoms. The van der Waals surface area contributed by atoms with Gasteiger partial charge in [0.05, 0.1) is 0 Å². The summed E-state index contributed by atoms with van der Waals surface area (Å²) < 4.78 is 11.6. The number of fused-ring (bicyclic) bond motifs is 1. The summed E-state index contributed by atoms with van der Waals surface area (Å²) in [6.45, 7) is 4.63. The molecule has 0 saturated heterocycles. The van der Waals surface area contributed by atoms with Crippen molar-refractivity contribution in [3.8, 4) is 11.5 Å². The Morgan fingerprint density at radius 1 is 1.31 bits per heavy atom. The summed E-state index contributed by atoms with van der Waals surface area (Å²) in [6, 6.07) is 3.93. The normalized spacial score (nSPS) is 15.6. The predicted octanol–water partition coefficient (Wildman–Crippen LogP) is 3.22. The van der Waals surface area contributed by atoms with Gasteiger partial charge in [0, 0.05) is 10.5 Å². The quantitative estimate of drug-likeness (QED) is 0.927. The molecule has 1 heterocycles. The van der Waals surface area contributed by atoms with Crippen LogP contribution < -0.4 is 15.2 Å². The van der Waals surface area contributed by atoms with Crippen LogP contribution in [0.1, 0.15) is 31.9 Å². The first kappa shape index (κ1) is 11.7. The number of rotatable bonds is 3. The number of halogens is 1. The molecule has 0 aromatic heterocycles. The lowest BCUT2D eigenvalue weighted by atomic mass is 9.97. The number of nitrogens with two attached hydrogens (primary N) is 1. The van der Waals surface area contributed by atoms with E-state index < -0.39 is 0 Å². The summed E-state index contributed by atoms with van der Waals surface area (Å²) in [5.41, 5.74) is 7.25. The van der Waals surface area contributed by atoms with Crippen molar-refractivity contribution in [3.05, 3.63) is 22.2 Å². The molecule has 1 aliphatic rings. The van der Waals surface area contributed by atoms with Gasteiger partial charge in [0.25, 0.3) is 0 Å². The Kier molecular flexibility index (Phi) is 3.40. The maximum Gasteiger partial charge on any atom is 0.231 e. The van der Waals surface area contributed by atoms with Crippen LogP contribution in [0.15, 0.2) is 16.6 Å². The van der Waals surface area contributed by atoms with Crippen molar-refractivity contribution < 1.29 is 9.47 Å². The van der Waals surface area contributed by atoms with Crippen LogP contribution in [0.3, 0.4) is 0 Å². The third-order valence-electron chi connectivity index (χ3n) is 2.62. The van der Waals surface area contributed by atoms with Gasteiger partial charge in [-0.1, -0.05) is 29.8 Å². The Labute approximate surface area is 104 Å². The fraction of sp³-hybridized carbons (Fsp3) is 0.500. The molecule has 0 amide bonds. The van der Waals surface area contributed by atoms with E-state index in [9.17, 15) is 0 Å². The number of hydrogen-bond acceptors (Lipinski definition) is 3. The summed E-state index contributed by atoms with van der Waals surface area (Å²) in [5.74, 6) is 2.15. The maximum absolute atomic E-state index is 6.16. The second-order valence-electron chi connectivity index (χ2n) is 4.46. The third kappa shape index (κ3) is 2.33. The van der Waals surface area contributed by atoms with Crippen molar-refractivity contribution in [3.63, 3.8) is 0 Å². The minimum atomic E-state index is 0.0314. The molecule has 2 N–H and O–H groups in total. The van der Waals surface area contributed by atoms with Gasteiger partial charge >= 0.3 is 0 Å². The minimum absolute atomic E-state index is 0.0314. The van der Waals surface area contributed by atoms with E-state index in [1.165, 1.54) is 0 Å². The van der Waals surface area contributed by atoms with Crippen LogP contribution in [0.25, 0.3) is 0 Å². The Morgan fingerprint density at radius 3 is 2.56 bits per heavy atom. The summed E-state index contributed by atoms with van der Waals surface area (Å²) in [7, 11) is 0. The van der Waals surface area contributed by atoms with Crippen LogP contribution in [0.2, 0.25) is 0 Å².